The van der Waals surface area contributed by atoms with Crippen molar-refractivity contribution in [1.82, 2.24) is 4.98 Å². The molecule has 0 saturated heterocycles. The lowest BCUT2D eigenvalue weighted by Gasteiger charge is -2.12. The van der Waals surface area contributed by atoms with Crippen molar-refractivity contribution in [3.8, 4) is 0 Å². The van der Waals surface area contributed by atoms with Crippen molar-refractivity contribution in [1.29, 1.82) is 0 Å². The van der Waals surface area contributed by atoms with E-state index < -0.39 is 12.2 Å². The Morgan fingerprint density at radius 3 is 2.67 bits per heavy atom. The molecule has 2 unspecified atom stereocenters. The number of nitrogen functional groups attached to an aromatic ring is 1. The molecule has 0 fully saturated rings. The van der Waals surface area contributed by atoms with Crippen molar-refractivity contribution in [2.45, 2.75) is 12.2 Å². The van der Waals surface area contributed by atoms with Gasteiger partial charge in [0.2, 0.25) is 0 Å². The second kappa shape index (κ2) is 3.81. The molecule has 1 aromatic rings. The fraction of sp³-hybridized carbons (Fsp3) is 0.500. The fourth-order valence-electron chi connectivity index (χ4n) is 0.756. The molecule has 0 aliphatic carbocycles. The molecule has 1 rings (SSSR count). The number of anilines is 1. The van der Waals surface area contributed by atoms with Crippen LogP contribution in [0.15, 0.2) is 6.20 Å². The average molecular weight is 189 g/mol. The lowest BCUT2D eigenvalue weighted by Crippen LogP contribution is -2.26. The van der Waals surface area contributed by atoms with E-state index >= 15 is 0 Å². The van der Waals surface area contributed by atoms with E-state index in [1.807, 2.05) is 0 Å². The third-order valence-corrected chi connectivity index (χ3v) is 2.34. The van der Waals surface area contributed by atoms with Gasteiger partial charge >= 0.3 is 0 Å². The topological polar surface area (TPSA) is 105 Å². The summed E-state index contributed by atoms with van der Waals surface area (Å²) in [5, 5.41) is 18.9. The summed E-state index contributed by atoms with van der Waals surface area (Å²) in [6.07, 6.45) is -0.501. The highest BCUT2D eigenvalue weighted by atomic mass is 32.1. The zero-order chi connectivity index (χ0) is 9.14. The first kappa shape index (κ1) is 9.40. The molecule has 5 nitrogen and oxygen atoms in total. The molecule has 0 aliphatic rings. The van der Waals surface area contributed by atoms with Gasteiger partial charge in [0.15, 0.2) is 5.13 Å². The van der Waals surface area contributed by atoms with Crippen LogP contribution in [0.5, 0.6) is 0 Å². The molecule has 0 spiro atoms. The normalized spacial score (nSPS) is 15.9. The lowest BCUT2D eigenvalue weighted by molar-refractivity contribution is 0.0264. The molecule has 6 heteroatoms. The van der Waals surface area contributed by atoms with Crippen molar-refractivity contribution in [3.63, 3.8) is 0 Å². The molecular weight excluding hydrogens is 178 g/mol. The number of aliphatic hydroxyl groups excluding tert-OH is 2. The van der Waals surface area contributed by atoms with E-state index in [0.29, 0.717) is 10.0 Å². The number of thiazole rings is 1. The van der Waals surface area contributed by atoms with Gasteiger partial charge in [-0.2, -0.15) is 0 Å². The maximum Gasteiger partial charge on any atom is 0.180 e. The molecule has 0 amide bonds. The molecule has 1 aromatic heterocycles. The van der Waals surface area contributed by atoms with Crippen LogP contribution in [-0.2, 0) is 0 Å². The van der Waals surface area contributed by atoms with Gasteiger partial charge in [-0.25, -0.2) is 4.98 Å². The minimum atomic E-state index is -0.982. The Morgan fingerprint density at radius 1 is 1.58 bits per heavy atom. The van der Waals surface area contributed by atoms with Crippen LogP contribution in [-0.4, -0.2) is 27.8 Å². The summed E-state index contributed by atoms with van der Waals surface area (Å²) in [6.45, 7) is 0.0129. The summed E-state index contributed by atoms with van der Waals surface area (Å²) in [4.78, 5) is 4.27. The first-order chi connectivity index (χ1) is 5.65. The minimum absolute atomic E-state index is 0.0129. The Labute approximate surface area is 73.7 Å². The van der Waals surface area contributed by atoms with Crippen LogP contribution < -0.4 is 11.5 Å². The van der Waals surface area contributed by atoms with Crippen molar-refractivity contribution >= 4 is 16.5 Å². The predicted molar refractivity (Wildman–Crippen MR) is 46.5 cm³/mol. The summed E-state index contributed by atoms with van der Waals surface area (Å²) in [5.74, 6) is 0. The summed E-state index contributed by atoms with van der Waals surface area (Å²) < 4.78 is 0. The standard InChI is InChI=1S/C6H11N3O2S/c7-1-3(10)5(11)4-2-9-6(8)12-4/h2-3,5,10-11H,1,7H2,(H2,8,9). The highest BCUT2D eigenvalue weighted by Crippen LogP contribution is 2.24. The van der Waals surface area contributed by atoms with E-state index in [4.69, 9.17) is 16.6 Å². The number of nitrogens with zero attached hydrogens (tertiary/aromatic N) is 1. The van der Waals surface area contributed by atoms with Crippen molar-refractivity contribution < 1.29 is 10.2 Å². The van der Waals surface area contributed by atoms with E-state index in [9.17, 15) is 5.11 Å². The van der Waals surface area contributed by atoms with Gasteiger partial charge in [-0.1, -0.05) is 11.3 Å². The Hall–Kier alpha value is -0.690. The Kier molecular flexibility index (Phi) is 2.99. The number of hydrogen-bond donors (Lipinski definition) is 4. The van der Waals surface area contributed by atoms with Crippen molar-refractivity contribution in [3.05, 3.63) is 11.1 Å². The molecule has 0 aliphatic heterocycles. The fourth-order valence-corrected chi connectivity index (χ4v) is 1.49. The number of nitrogens with two attached hydrogens (primary N) is 2. The van der Waals surface area contributed by atoms with Crippen LogP contribution in [0.2, 0.25) is 0 Å². The van der Waals surface area contributed by atoms with Crippen LogP contribution >= 0.6 is 11.3 Å². The Bertz CT molecular complexity index is 253. The summed E-state index contributed by atoms with van der Waals surface area (Å²) >= 11 is 1.14. The third-order valence-electron chi connectivity index (χ3n) is 1.44. The van der Waals surface area contributed by atoms with Gasteiger partial charge in [-0.05, 0) is 0 Å². The SMILES string of the molecule is NCC(O)C(O)c1cnc(N)s1. The maximum atomic E-state index is 9.39. The molecule has 0 radical (unpaired) electrons. The van der Waals surface area contributed by atoms with Gasteiger partial charge in [0.25, 0.3) is 0 Å². The van der Waals surface area contributed by atoms with Crippen LogP contribution in [0.25, 0.3) is 0 Å². The first-order valence-corrected chi connectivity index (χ1v) is 4.24. The molecule has 68 valence electrons. The Morgan fingerprint density at radius 2 is 2.25 bits per heavy atom. The largest absolute Gasteiger partial charge is 0.389 e. The van der Waals surface area contributed by atoms with Gasteiger partial charge in [0.1, 0.15) is 6.10 Å². The zero-order valence-corrected chi connectivity index (χ0v) is 7.16. The van der Waals surface area contributed by atoms with Crippen LogP contribution in [0, 0.1) is 0 Å². The molecular formula is C6H11N3O2S. The predicted octanol–water partition coefficient (Wildman–Crippen LogP) is -0.922. The number of rotatable bonds is 3. The quantitative estimate of drug-likeness (QED) is 0.492. The van der Waals surface area contributed by atoms with E-state index in [1.165, 1.54) is 6.20 Å². The average Bonchev–Trinajstić information content (AvgIpc) is 2.49. The van der Waals surface area contributed by atoms with Gasteiger partial charge in [0.05, 0.1) is 11.0 Å². The molecule has 12 heavy (non-hydrogen) atoms. The lowest BCUT2D eigenvalue weighted by atomic mass is 10.2. The van der Waals surface area contributed by atoms with Crippen LogP contribution in [0.1, 0.15) is 11.0 Å². The summed E-state index contributed by atoms with van der Waals surface area (Å²) in [5.41, 5.74) is 10.5. The van der Waals surface area contributed by atoms with Gasteiger partial charge in [-0.15, -0.1) is 0 Å². The second-order valence-corrected chi connectivity index (χ2v) is 3.44. The Balaban J connectivity index is 2.70. The molecule has 6 N–H and O–H groups in total. The second-order valence-electron chi connectivity index (χ2n) is 2.35. The molecule has 0 saturated carbocycles. The monoisotopic (exact) mass is 189 g/mol. The maximum absolute atomic E-state index is 9.39. The van der Waals surface area contributed by atoms with Gasteiger partial charge < -0.3 is 21.7 Å². The molecule has 1 heterocycles. The van der Waals surface area contributed by atoms with Gasteiger partial charge in [-0.3, -0.25) is 0 Å². The van der Waals surface area contributed by atoms with Crippen molar-refractivity contribution in [2.75, 3.05) is 12.3 Å². The summed E-state index contributed by atoms with van der Waals surface area (Å²) in [6, 6.07) is 0. The van der Waals surface area contributed by atoms with E-state index in [2.05, 4.69) is 4.98 Å². The van der Waals surface area contributed by atoms with E-state index in [0.717, 1.165) is 11.3 Å². The minimum Gasteiger partial charge on any atom is -0.389 e. The van der Waals surface area contributed by atoms with E-state index in [1.54, 1.807) is 0 Å². The van der Waals surface area contributed by atoms with Crippen molar-refractivity contribution in [2.24, 2.45) is 5.73 Å². The highest BCUT2D eigenvalue weighted by Gasteiger charge is 2.18. The first-order valence-electron chi connectivity index (χ1n) is 3.42. The third kappa shape index (κ3) is 1.92. The van der Waals surface area contributed by atoms with E-state index in [-0.39, 0.29) is 6.54 Å². The summed E-state index contributed by atoms with van der Waals surface area (Å²) in [7, 11) is 0. The molecule has 0 aromatic carbocycles. The zero-order valence-electron chi connectivity index (χ0n) is 6.34. The van der Waals surface area contributed by atoms with Gasteiger partial charge in [0, 0.05) is 12.7 Å². The number of aliphatic hydroxyl groups is 2. The van der Waals surface area contributed by atoms with Crippen LogP contribution in [0.3, 0.4) is 0 Å². The number of hydrogen-bond acceptors (Lipinski definition) is 6. The molecule has 2 atom stereocenters. The highest BCUT2D eigenvalue weighted by molar-refractivity contribution is 7.15. The molecule has 0 bridgehead atoms. The van der Waals surface area contributed by atoms with Crippen LogP contribution in [0.4, 0.5) is 5.13 Å². The number of aromatic nitrogens is 1. The smallest absolute Gasteiger partial charge is 0.180 e.